The van der Waals surface area contributed by atoms with Crippen molar-refractivity contribution in [3.63, 3.8) is 0 Å². The number of hydrogen-bond donors (Lipinski definition) is 2. The molecule has 0 bridgehead atoms. The number of aryl methyl sites for hydroxylation is 1. The van der Waals surface area contributed by atoms with Crippen LogP contribution < -0.4 is 15.5 Å². The van der Waals surface area contributed by atoms with E-state index in [1.165, 1.54) is 17.7 Å². The van der Waals surface area contributed by atoms with Crippen LogP contribution in [0.15, 0.2) is 54.6 Å². The molecule has 1 amide bonds. The first-order valence-electron chi connectivity index (χ1n) is 12.9. The van der Waals surface area contributed by atoms with Gasteiger partial charge in [-0.1, -0.05) is 26.0 Å². The number of thiocarbonyl (C=S) groups is 1. The van der Waals surface area contributed by atoms with Gasteiger partial charge in [-0.15, -0.1) is 10.2 Å². The van der Waals surface area contributed by atoms with E-state index in [0.717, 1.165) is 16.8 Å². The van der Waals surface area contributed by atoms with E-state index in [1.807, 2.05) is 36.1 Å². The van der Waals surface area contributed by atoms with Crippen LogP contribution in [0.5, 0.6) is 0 Å². The molecular formula is C28H29N7O4S. The van der Waals surface area contributed by atoms with Gasteiger partial charge >= 0.3 is 0 Å². The fourth-order valence-electron chi connectivity index (χ4n) is 4.53. The molecule has 0 radical (unpaired) electrons. The van der Waals surface area contributed by atoms with E-state index >= 15 is 0 Å². The second kappa shape index (κ2) is 11.4. The van der Waals surface area contributed by atoms with Gasteiger partial charge in [0.15, 0.2) is 5.11 Å². The van der Waals surface area contributed by atoms with Crippen LogP contribution in [0.4, 0.5) is 17.1 Å². The SMILES string of the molecule is Cc1cc2nn(-c3ccc(C(C)C)cc3)nc2cc1NC(=S)NC(=O)c1cc([N+](=O)[O-])ccc1N1CCOCC1. The Morgan fingerprint density at radius 1 is 1.05 bits per heavy atom. The molecule has 0 aliphatic carbocycles. The molecule has 0 spiro atoms. The van der Waals surface area contributed by atoms with E-state index in [2.05, 4.69) is 46.8 Å². The van der Waals surface area contributed by atoms with Crippen LogP contribution in [0.2, 0.25) is 0 Å². The predicted octanol–water partition coefficient (Wildman–Crippen LogP) is 4.72. The van der Waals surface area contributed by atoms with Crippen LogP contribution in [0.1, 0.15) is 41.3 Å². The van der Waals surface area contributed by atoms with Crippen LogP contribution in [-0.2, 0) is 4.74 Å². The van der Waals surface area contributed by atoms with Gasteiger partial charge in [-0.25, -0.2) is 0 Å². The average Bonchev–Trinajstić information content (AvgIpc) is 3.36. The highest BCUT2D eigenvalue weighted by Gasteiger charge is 2.23. The Morgan fingerprint density at radius 3 is 2.38 bits per heavy atom. The van der Waals surface area contributed by atoms with Gasteiger partial charge in [-0.2, -0.15) is 4.80 Å². The number of benzene rings is 3. The molecule has 1 aliphatic rings. The van der Waals surface area contributed by atoms with E-state index in [0.29, 0.717) is 49.1 Å². The largest absolute Gasteiger partial charge is 0.378 e. The number of nitro benzene ring substituents is 1. The summed E-state index contributed by atoms with van der Waals surface area (Å²) >= 11 is 5.44. The minimum Gasteiger partial charge on any atom is -0.378 e. The fraction of sp³-hybridized carbons (Fsp3) is 0.286. The smallest absolute Gasteiger partial charge is 0.270 e. The normalized spacial score (nSPS) is 13.4. The monoisotopic (exact) mass is 559 g/mol. The maximum absolute atomic E-state index is 13.3. The molecule has 4 aromatic rings. The molecule has 1 saturated heterocycles. The molecule has 2 N–H and O–H groups in total. The summed E-state index contributed by atoms with van der Waals surface area (Å²) in [6.45, 7) is 8.35. The highest BCUT2D eigenvalue weighted by molar-refractivity contribution is 7.80. The number of nitro groups is 1. The van der Waals surface area contributed by atoms with Gasteiger partial charge < -0.3 is 15.0 Å². The van der Waals surface area contributed by atoms with Crippen molar-refractivity contribution in [2.45, 2.75) is 26.7 Å². The lowest BCUT2D eigenvalue weighted by Gasteiger charge is -2.30. The van der Waals surface area contributed by atoms with Crippen LogP contribution in [-0.4, -0.2) is 57.2 Å². The van der Waals surface area contributed by atoms with Gasteiger partial charge in [0.1, 0.15) is 11.0 Å². The number of non-ortho nitro benzene ring substituents is 1. The van der Waals surface area contributed by atoms with E-state index < -0.39 is 10.8 Å². The van der Waals surface area contributed by atoms with E-state index in [4.69, 9.17) is 17.0 Å². The van der Waals surface area contributed by atoms with Crippen LogP contribution in [0, 0.1) is 17.0 Å². The Kier molecular flexibility index (Phi) is 7.71. The second-order valence-corrected chi connectivity index (χ2v) is 10.3. The first-order valence-corrected chi connectivity index (χ1v) is 13.3. The van der Waals surface area contributed by atoms with Gasteiger partial charge in [-0.05, 0) is 66.5 Å². The Hall–Kier alpha value is -4.42. The molecule has 1 aliphatic heterocycles. The lowest BCUT2D eigenvalue weighted by Crippen LogP contribution is -2.39. The summed E-state index contributed by atoms with van der Waals surface area (Å²) < 4.78 is 5.40. The lowest BCUT2D eigenvalue weighted by atomic mass is 10.0. The summed E-state index contributed by atoms with van der Waals surface area (Å²) in [5, 5.41) is 26.4. The third kappa shape index (κ3) is 5.77. The van der Waals surface area contributed by atoms with Crippen molar-refractivity contribution >= 4 is 51.3 Å². The predicted molar refractivity (Wildman–Crippen MR) is 158 cm³/mol. The number of hydrogen-bond acceptors (Lipinski definition) is 8. The summed E-state index contributed by atoms with van der Waals surface area (Å²) in [6, 6.07) is 16.1. The number of nitrogens with zero attached hydrogens (tertiary/aromatic N) is 5. The van der Waals surface area contributed by atoms with Crippen LogP contribution in [0.25, 0.3) is 16.7 Å². The summed E-state index contributed by atoms with van der Waals surface area (Å²) in [7, 11) is 0. The van der Waals surface area contributed by atoms with Crippen molar-refractivity contribution in [2.75, 3.05) is 36.5 Å². The highest BCUT2D eigenvalue weighted by atomic mass is 32.1. The first-order chi connectivity index (χ1) is 19.2. The number of carbonyl (C=O) groups is 1. The summed E-state index contributed by atoms with van der Waals surface area (Å²) in [4.78, 5) is 27.7. The zero-order chi connectivity index (χ0) is 28.4. The lowest BCUT2D eigenvalue weighted by molar-refractivity contribution is -0.384. The number of carbonyl (C=O) groups excluding carboxylic acids is 1. The zero-order valence-corrected chi connectivity index (χ0v) is 23.2. The van der Waals surface area contributed by atoms with Crippen molar-refractivity contribution in [1.29, 1.82) is 0 Å². The van der Waals surface area contributed by atoms with Crippen molar-refractivity contribution in [2.24, 2.45) is 0 Å². The number of aromatic nitrogens is 3. The Labute approximate surface area is 236 Å². The molecular weight excluding hydrogens is 530 g/mol. The molecule has 11 nitrogen and oxygen atoms in total. The van der Waals surface area contributed by atoms with Crippen LogP contribution >= 0.6 is 12.2 Å². The molecule has 2 heterocycles. The van der Waals surface area contributed by atoms with Gasteiger partial charge in [0.05, 0.1) is 35.1 Å². The Bertz CT molecular complexity index is 1590. The zero-order valence-electron chi connectivity index (χ0n) is 22.4. The molecule has 5 rings (SSSR count). The maximum Gasteiger partial charge on any atom is 0.270 e. The fourth-order valence-corrected chi connectivity index (χ4v) is 4.74. The van der Waals surface area contributed by atoms with Crippen LogP contribution in [0.3, 0.4) is 0 Å². The quantitative estimate of drug-likeness (QED) is 0.196. The number of nitrogens with one attached hydrogen (secondary N) is 2. The second-order valence-electron chi connectivity index (χ2n) is 9.86. The molecule has 0 saturated carbocycles. The minimum absolute atomic E-state index is 0.0588. The number of ether oxygens (including phenoxy) is 1. The first kappa shape index (κ1) is 27.2. The van der Waals surface area contributed by atoms with Gasteiger partial charge in [0.25, 0.3) is 11.6 Å². The third-order valence-electron chi connectivity index (χ3n) is 6.78. The van der Waals surface area contributed by atoms with Crippen molar-refractivity contribution in [1.82, 2.24) is 20.3 Å². The minimum atomic E-state index is -0.544. The number of fused-ring (bicyclic) bond motifs is 1. The topological polar surface area (TPSA) is 127 Å². The number of morpholine rings is 1. The van der Waals surface area contributed by atoms with Crippen molar-refractivity contribution in [3.8, 4) is 5.69 Å². The van der Waals surface area contributed by atoms with Crippen molar-refractivity contribution in [3.05, 3.63) is 81.4 Å². The average molecular weight is 560 g/mol. The van der Waals surface area contributed by atoms with E-state index in [-0.39, 0.29) is 16.4 Å². The summed E-state index contributed by atoms with van der Waals surface area (Å²) in [5.41, 5.74) is 5.56. The molecule has 1 aromatic heterocycles. The number of rotatable bonds is 6. The molecule has 40 heavy (non-hydrogen) atoms. The molecule has 206 valence electrons. The summed E-state index contributed by atoms with van der Waals surface area (Å²) in [5.74, 6) is -0.112. The summed E-state index contributed by atoms with van der Waals surface area (Å²) in [6.07, 6.45) is 0. The molecule has 12 heteroatoms. The van der Waals surface area contributed by atoms with E-state index in [1.54, 1.807) is 10.9 Å². The Morgan fingerprint density at radius 2 is 1.73 bits per heavy atom. The maximum atomic E-state index is 13.3. The number of amides is 1. The molecule has 0 atom stereocenters. The number of anilines is 2. The van der Waals surface area contributed by atoms with Gasteiger partial charge in [0, 0.05) is 30.9 Å². The third-order valence-corrected chi connectivity index (χ3v) is 6.98. The molecule has 0 unspecified atom stereocenters. The standard InChI is InChI=1S/C28H29N7O4S/c1-17(2)19-4-6-20(7-5-19)34-31-24-14-18(3)23(16-25(24)32-34)29-28(40)30-27(36)22-15-21(35(37)38)8-9-26(22)33-10-12-39-13-11-33/h4-9,14-17H,10-13H2,1-3H3,(H2,29,30,36,40). The highest BCUT2D eigenvalue weighted by Crippen LogP contribution is 2.27. The van der Waals surface area contributed by atoms with Gasteiger partial charge in [-0.3, -0.25) is 20.2 Å². The molecule has 1 fully saturated rings. The van der Waals surface area contributed by atoms with E-state index in [9.17, 15) is 14.9 Å². The van der Waals surface area contributed by atoms with Gasteiger partial charge in [0.2, 0.25) is 0 Å². The van der Waals surface area contributed by atoms with Crippen molar-refractivity contribution < 1.29 is 14.5 Å². The molecule has 3 aromatic carbocycles. The Balaban J connectivity index is 1.35.